The fourth-order valence-electron chi connectivity index (χ4n) is 1.72. The van der Waals surface area contributed by atoms with Crippen LogP contribution in [-0.4, -0.2) is 71.9 Å². The maximum atomic E-state index is 9.59. The highest BCUT2D eigenvalue weighted by Crippen LogP contribution is 2.22. The van der Waals surface area contributed by atoms with E-state index in [1.165, 1.54) is 18.0 Å². The first-order valence-corrected chi connectivity index (χ1v) is 8.80. The molecular formula is C12H18N8S2. The smallest absolute Gasteiger partial charge is 0.213 e. The number of rotatable bonds is 4. The Morgan fingerprint density at radius 3 is 2.82 bits per heavy atom. The molecule has 2 N–H and O–H groups in total. The third-order valence-corrected chi connectivity index (χ3v) is 4.37. The van der Waals surface area contributed by atoms with Crippen molar-refractivity contribution in [1.29, 1.82) is 5.26 Å². The lowest BCUT2D eigenvalue weighted by Gasteiger charge is -2.27. The second-order valence-electron chi connectivity index (χ2n) is 4.85. The van der Waals surface area contributed by atoms with E-state index in [0.29, 0.717) is 10.3 Å². The zero-order valence-electron chi connectivity index (χ0n) is 12.6. The number of thioether (sulfide) groups is 2. The normalized spacial score (nSPS) is 26.8. The topological polar surface area (TPSA) is 101 Å². The van der Waals surface area contributed by atoms with Crippen molar-refractivity contribution in [3.63, 3.8) is 0 Å². The zero-order chi connectivity index (χ0) is 16.0. The molecule has 2 atom stereocenters. The molecule has 8 nitrogen and oxygen atoms in total. The lowest BCUT2D eigenvalue weighted by Crippen LogP contribution is -2.47. The van der Waals surface area contributed by atoms with Crippen LogP contribution >= 0.6 is 23.5 Å². The minimum atomic E-state index is -1.15. The van der Waals surface area contributed by atoms with Gasteiger partial charge >= 0.3 is 0 Å². The molecule has 2 aliphatic rings. The van der Waals surface area contributed by atoms with Crippen molar-refractivity contribution in [1.82, 2.24) is 15.8 Å². The third kappa shape index (κ3) is 4.00. The first kappa shape index (κ1) is 16.8. The number of hydrogen-bond acceptors (Lipinski definition) is 10. The molecule has 10 heteroatoms. The standard InChI is InChI=1S/C12H18N8S2/c1-20(2)4-5-22-10-16-9(6-14-18-10)12(7-13)8-15-19-11(17-12)21-3/h6,8-9H,4-5H2,1-3H3,(H,16,18)(H,17,19). The van der Waals surface area contributed by atoms with E-state index >= 15 is 0 Å². The molecule has 0 aromatic rings. The van der Waals surface area contributed by atoms with Crippen molar-refractivity contribution < 1.29 is 0 Å². The van der Waals surface area contributed by atoms with Crippen LogP contribution in [0.1, 0.15) is 0 Å². The predicted octanol–water partition coefficient (Wildman–Crippen LogP) is 0.165. The Kier molecular flexibility index (Phi) is 5.82. The Labute approximate surface area is 138 Å². The number of nitrogens with zero attached hydrogens (tertiary/aromatic N) is 6. The van der Waals surface area contributed by atoms with E-state index in [-0.39, 0.29) is 0 Å². The van der Waals surface area contributed by atoms with Gasteiger partial charge < -0.3 is 4.90 Å². The molecule has 0 amide bonds. The van der Waals surface area contributed by atoms with Gasteiger partial charge in [0.1, 0.15) is 12.1 Å². The van der Waals surface area contributed by atoms with Gasteiger partial charge in [-0.1, -0.05) is 23.5 Å². The molecule has 0 spiro atoms. The third-order valence-electron chi connectivity index (χ3n) is 2.94. The van der Waals surface area contributed by atoms with Crippen LogP contribution in [0, 0.1) is 11.3 Å². The van der Waals surface area contributed by atoms with Crippen LogP contribution in [0.2, 0.25) is 0 Å². The molecule has 0 saturated heterocycles. The van der Waals surface area contributed by atoms with Crippen molar-refractivity contribution >= 4 is 46.3 Å². The fraction of sp³-hybridized carbons (Fsp3) is 0.583. The predicted molar refractivity (Wildman–Crippen MR) is 94.8 cm³/mol. The maximum Gasteiger partial charge on any atom is 0.213 e. The SMILES string of the molecule is CSC1=NC(C#N)(C2C=NNC(SCCN(C)C)=N2)C=NN1. The lowest BCUT2D eigenvalue weighted by molar-refractivity contribution is 0.437. The van der Waals surface area contributed by atoms with Crippen molar-refractivity contribution in [2.75, 3.05) is 32.6 Å². The number of nitriles is 1. The molecule has 2 aliphatic heterocycles. The van der Waals surface area contributed by atoms with Gasteiger partial charge in [-0.25, -0.2) is 9.98 Å². The summed E-state index contributed by atoms with van der Waals surface area (Å²) in [6.45, 7) is 0.934. The molecule has 0 bridgehead atoms. The van der Waals surface area contributed by atoms with E-state index in [2.05, 4.69) is 42.0 Å². The summed E-state index contributed by atoms with van der Waals surface area (Å²) in [5.41, 5.74) is 4.49. The molecule has 0 radical (unpaired) electrons. The zero-order valence-corrected chi connectivity index (χ0v) is 14.3. The van der Waals surface area contributed by atoms with E-state index < -0.39 is 11.6 Å². The summed E-state index contributed by atoms with van der Waals surface area (Å²) in [4.78, 5) is 11.1. The maximum absolute atomic E-state index is 9.59. The van der Waals surface area contributed by atoms with Crippen LogP contribution in [0.5, 0.6) is 0 Å². The van der Waals surface area contributed by atoms with Crippen LogP contribution < -0.4 is 10.9 Å². The summed E-state index contributed by atoms with van der Waals surface area (Å²) in [6.07, 6.45) is 4.95. The van der Waals surface area contributed by atoms with Crippen LogP contribution in [0.25, 0.3) is 0 Å². The molecule has 2 rings (SSSR count). The lowest BCUT2D eigenvalue weighted by atomic mass is 9.94. The highest BCUT2D eigenvalue weighted by molar-refractivity contribution is 8.13. The van der Waals surface area contributed by atoms with Crippen LogP contribution in [-0.2, 0) is 0 Å². The Morgan fingerprint density at radius 2 is 2.14 bits per heavy atom. The first-order valence-electron chi connectivity index (χ1n) is 6.59. The number of nitrogens with one attached hydrogen (secondary N) is 2. The van der Waals surface area contributed by atoms with Gasteiger partial charge in [0, 0.05) is 12.3 Å². The Morgan fingerprint density at radius 1 is 1.36 bits per heavy atom. The first-order chi connectivity index (χ1) is 10.6. The summed E-state index contributed by atoms with van der Waals surface area (Å²) < 4.78 is 0. The van der Waals surface area contributed by atoms with Gasteiger partial charge in [-0.2, -0.15) is 15.5 Å². The van der Waals surface area contributed by atoms with Gasteiger partial charge in [-0.15, -0.1) is 0 Å². The van der Waals surface area contributed by atoms with E-state index in [1.807, 2.05) is 20.4 Å². The molecule has 0 aromatic heterocycles. The highest BCUT2D eigenvalue weighted by atomic mass is 32.2. The monoisotopic (exact) mass is 338 g/mol. The summed E-state index contributed by atoms with van der Waals surface area (Å²) in [7, 11) is 4.04. The van der Waals surface area contributed by atoms with Crippen molar-refractivity contribution in [3.8, 4) is 6.07 Å². The van der Waals surface area contributed by atoms with E-state index in [1.54, 1.807) is 18.0 Å². The van der Waals surface area contributed by atoms with Crippen LogP contribution in [0.4, 0.5) is 0 Å². The van der Waals surface area contributed by atoms with Gasteiger partial charge in [0.25, 0.3) is 0 Å². The molecule has 0 fully saturated rings. The van der Waals surface area contributed by atoms with Crippen LogP contribution in [0.3, 0.4) is 0 Å². The quantitative estimate of drug-likeness (QED) is 0.758. The Bertz CT molecular complexity index is 562. The van der Waals surface area contributed by atoms with Gasteiger partial charge in [0.2, 0.25) is 5.54 Å². The molecule has 22 heavy (non-hydrogen) atoms. The summed E-state index contributed by atoms with van der Waals surface area (Å²) in [6, 6.07) is 1.72. The second kappa shape index (κ2) is 7.62. The molecule has 0 aromatic carbocycles. The van der Waals surface area contributed by atoms with E-state index in [9.17, 15) is 5.26 Å². The van der Waals surface area contributed by atoms with Crippen LogP contribution in [0.15, 0.2) is 20.2 Å². The van der Waals surface area contributed by atoms with Gasteiger partial charge in [-0.05, 0) is 20.4 Å². The molecular weight excluding hydrogens is 320 g/mol. The number of aliphatic imine (C=N–C) groups is 2. The minimum Gasteiger partial charge on any atom is -0.309 e. The van der Waals surface area contributed by atoms with Crippen molar-refractivity contribution in [2.45, 2.75) is 11.6 Å². The fourth-order valence-corrected chi connectivity index (χ4v) is 3.06. The molecule has 2 heterocycles. The summed E-state index contributed by atoms with van der Waals surface area (Å²) >= 11 is 2.97. The van der Waals surface area contributed by atoms with Crippen molar-refractivity contribution in [2.24, 2.45) is 20.2 Å². The molecule has 2 unspecified atom stereocenters. The van der Waals surface area contributed by atoms with E-state index in [0.717, 1.165) is 12.3 Å². The van der Waals surface area contributed by atoms with E-state index in [4.69, 9.17) is 0 Å². The molecule has 118 valence electrons. The summed E-state index contributed by atoms with van der Waals surface area (Å²) in [5, 5.41) is 19.0. The summed E-state index contributed by atoms with van der Waals surface area (Å²) in [5.74, 6) is 0.885. The minimum absolute atomic E-state index is 0.492. The second-order valence-corrected chi connectivity index (χ2v) is 6.73. The van der Waals surface area contributed by atoms with Crippen molar-refractivity contribution in [3.05, 3.63) is 0 Å². The highest BCUT2D eigenvalue weighted by Gasteiger charge is 2.40. The van der Waals surface area contributed by atoms with Gasteiger partial charge in [-0.3, -0.25) is 10.9 Å². The number of hydrogen-bond donors (Lipinski definition) is 2. The number of hydrazone groups is 2. The van der Waals surface area contributed by atoms with Gasteiger partial charge in [0.05, 0.1) is 12.4 Å². The largest absolute Gasteiger partial charge is 0.309 e. The van der Waals surface area contributed by atoms with Gasteiger partial charge in [0.15, 0.2) is 10.3 Å². The Balaban J connectivity index is 2.14. The molecule has 0 aliphatic carbocycles. The molecule has 0 saturated carbocycles. The Hall–Kier alpha value is -1.57. The number of amidine groups is 2. The average Bonchev–Trinajstić information content (AvgIpc) is 2.54. The average molecular weight is 338 g/mol.